The summed E-state index contributed by atoms with van der Waals surface area (Å²) in [5.41, 5.74) is 12.9. The second-order valence-corrected chi connectivity index (χ2v) is 33.0. The lowest BCUT2D eigenvalue weighted by atomic mass is 9.91. The van der Waals surface area contributed by atoms with Crippen LogP contribution in [-0.4, -0.2) is 12.6 Å². The molecule has 0 bridgehead atoms. The number of carbonyl (C=O) groups excluding carboxylic acids is 2. The Balaban J connectivity index is 1.60. The van der Waals surface area contributed by atoms with E-state index in [9.17, 15) is 9.59 Å². The third kappa shape index (κ3) is 51.1. The van der Waals surface area contributed by atoms with E-state index in [1.54, 1.807) is 0 Å². The molecule has 598 valence electrons. The van der Waals surface area contributed by atoms with E-state index in [4.69, 9.17) is 0 Å². The molecule has 108 heavy (non-hydrogen) atoms. The van der Waals surface area contributed by atoms with Crippen LogP contribution >= 0.6 is 0 Å². The van der Waals surface area contributed by atoms with E-state index in [-0.39, 0.29) is 0 Å². The summed E-state index contributed by atoms with van der Waals surface area (Å²) in [6.07, 6.45) is 92.7. The maximum absolute atomic E-state index is 11.6. The Hall–Kier alpha value is -5.54. The first-order valence-electron chi connectivity index (χ1n) is 47.0. The number of rotatable bonds is 70. The molecule has 0 aliphatic rings. The minimum atomic E-state index is 0.677. The Morgan fingerprint density at radius 3 is 0.519 bits per heavy atom. The molecule has 4 aromatic carbocycles. The number of benzene rings is 4. The van der Waals surface area contributed by atoms with Crippen LogP contribution in [0.2, 0.25) is 0 Å². The minimum Gasteiger partial charge on any atom is -0.298 e. The molecule has 2 nitrogen and oxygen atoms in total. The summed E-state index contributed by atoms with van der Waals surface area (Å²) in [6.45, 7) is 9.23. The maximum atomic E-state index is 11.6. The van der Waals surface area contributed by atoms with E-state index in [0.717, 1.165) is 97.3 Å². The van der Waals surface area contributed by atoms with Gasteiger partial charge in [-0.25, -0.2) is 0 Å². The highest BCUT2D eigenvalue weighted by Gasteiger charge is 2.13. The lowest BCUT2D eigenvalue weighted by Crippen LogP contribution is -2.00. The predicted octanol–water partition coefficient (Wildman–Crippen LogP) is 32.7. The first-order chi connectivity index (χ1) is 53.5. The van der Waals surface area contributed by atoms with Gasteiger partial charge in [0.25, 0.3) is 0 Å². The number of aryl methyl sites for hydroxylation is 4. The van der Waals surface area contributed by atoms with Crippen molar-refractivity contribution in [3.63, 3.8) is 0 Å². The molecule has 4 rings (SSSR count). The Morgan fingerprint density at radius 1 is 0.194 bits per heavy atom. The molecular formula is C106H162O2. The molecule has 0 aromatic heterocycles. The van der Waals surface area contributed by atoms with Gasteiger partial charge in [-0.3, -0.25) is 9.59 Å². The average molecular weight is 1470 g/mol. The van der Waals surface area contributed by atoms with Crippen LogP contribution in [0.5, 0.6) is 0 Å². The Bertz CT molecular complexity index is 2860. The third-order valence-corrected chi connectivity index (χ3v) is 23.1. The Labute approximate surface area is 669 Å². The monoisotopic (exact) mass is 1470 g/mol. The summed E-state index contributed by atoms with van der Waals surface area (Å²) in [5, 5.41) is 0. The van der Waals surface area contributed by atoms with Gasteiger partial charge in [0.1, 0.15) is 12.6 Å². The smallest absolute Gasteiger partial charge is 0.150 e. The van der Waals surface area contributed by atoms with Crippen molar-refractivity contribution < 1.29 is 9.59 Å². The van der Waals surface area contributed by atoms with Crippen LogP contribution in [0.25, 0.3) is 0 Å². The molecule has 0 amide bonds. The zero-order valence-corrected chi connectivity index (χ0v) is 71.0. The molecule has 0 fully saturated rings. The summed E-state index contributed by atoms with van der Waals surface area (Å²) in [5.74, 6) is 28.9. The van der Waals surface area contributed by atoms with Crippen LogP contribution in [0.15, 0.2) is 72.8 Å². The number of hydrogen-bond donors (Lipinski definition) is 0. The van der Waals surface area contributed by atoms with Gasteiger partial charge in [-0.1, -0.05) is 473 Å². The fourth-order valence-corrected chi connectivity index (χ4v) is 15.9. The first-order valence-corrected chi connectivity index (χ1v) is 47.0. The summed E-state index contributed by atoms with van der Waals surface area (Å²) < 4.78 is 0. The second-order valence-electron chi connectivity index (χ2n) is 33.0. The van der Waals surface area contributed by atoms with E-state index < -0.39 is 0 Å². The van der Waals surface area contributed by atoms with Crippen molar-refractivity contribution in [2.75, 3.05) is 0 Å². The standard InChI is InChI=1S/C106H162O2/c1-5-9-13-17-21-25-29-33-37-41-45-49-53-57-61-65-71-99-91-105(87-85-95-77-81-97(93-107)82-78-95)103(73-67-63-59-55-51-47-43-39-35-31-27-23-19-15-11-7-3)89-101(99)75-69-70-76-102-90-104(74-68-64-60-56-52-48-44-40-36-32-28-24-20-16-12-8-4)106(88-86-96-79-83-98(94-108)84-80-96)92-100(102)72-66-62-58-54-50-46-42-38-34-30-26-22-18-14-10-6-2/h77-84,89-94H,5-68,71-74H2,1-4H3. The molecule has 0 heterocycles. The highest BCUT2D eigenvalue weighted by atomic mass is 16.1. The van der Waals surface area contributed by atoms with Gasteiger partial charge in [-0.15, -0.1) is 0 Å². The van der Waals surface area contributed by atoms with Crippen molar-refractivity contribution in [2.45, 2.75) is 464 Å². The van der Waals surface area contributed by atoms with Gasteiger partial charge in [-0.2, -0.15) is 0 Å². The molecule has 0 radical (unpaired) electrons. The zero-order valence-electron chi connectivity index (χ0n) is 71.0. The van der Waals surface area contributed by atoms with Crippen molar-refractivity contribution in [3.05, 3.63) is 140 Å². The van der Waals surface area contributed by atoms with Crippen molar-refractivity contribution in [1.29, 1.82) is 0 Å². The van der Waals surface area contributed by atoms with Crippen LogP contribution in [0.1, 0.15) is 515 Å². The van der Waals surface area contributed by atoms with Gasteiger partial charge in [0.2, 0.25) is 0 Å². The lowest BCUT2D eigenvalue weighted by molar-refractivity contribution is 0.111. The quantitative estimate of drug-likeness (QED) is 0.0251. The van der Waals surface area contributed by atoms with E-state index >= 15 is 0 Å². The second kappa shape index (κ2) is 70.6. The minimum absolute atomic E-state index is 0.677. The van der Waals surface area contributed by atoms with Gasteiger partial charge < -0.3 is 0 Å². The van der Waals surface area contributed by atoms with Gasteiger partial charge >= 0.3 is 0 Å². The van der Waals surface area contributed by atoms with Crippen LogP contribution in [0.4, 0.5) is 0 Å². The number of unbranched alkanes of at least 4 members (excludes halogenated alkanes) is 60. The molecular weight excluding hydrogens is 1310 g/mol. The Morgan fingerprint density at radius 2 is 0.352 bits per heavy atom. The third-order valence-electron chi connectivity index (χ3n) is 23.1. The molecule has 0 aliphatic heterocycles. The molecule has 0 saturated heterocycles. The predicted molar refractivity (Wildman–Crippen MR) is 475 cm³/mol. The summed E-state index contributed by atoms with van der Waals surface area (Å²) in [6, 6.07) is 25.1. The Kier molecular flexibility index (Phi) is 62.0. The van der Waals surface area contributed by atoms with E-state index in [1.165, 1.54) is 408 Å². The fourth-order valence-electron chi connectivity index (χ4n) is 15.9. The van der Waals surface area contributed by atoms with Gasteiger partial charge in [0.15, 0.2) is 0 Å². The van der Waals surface area contributed by atoms with Crippen molar-refractivity contribution >= 4 is 12.6 Å². The number of hydrogen-bond acceptors (Lipinski definition) is 2. The molecule has 2 heteroatoms. The molecule has 0 atom stereocenters. The molecule has 0 N–H and O–H groups in total. The molecule has 0 saturated carbocycles. The van der Waals surface area contributed by atoms with E-state index in [0.29, 0.717) is 11.1 Å². The largest absolute Gasteiger partial charge is 0.298 e. The van der Waals surface area contributed by atoms with Crippen LogP contribution in [0.3, 0.4) is 0 Å². The number of aldehydes is 2. The van der Waals surface area contributed by atoms with Gasteiger partial charge in [-0.05, 0) is 134 Å². The van der Waals surface area contributed by atoms with Crippen molar-refractivity contribution in [1.82, 2.24) is 0 Å². The van der Waals surface area contributed by atoms with Crippen molar-refractivity contribution in [3.8, 4) is 47.4 Å². The lowest BCUT2D eigenvalue weighted by Gasteiger charge is -2.12. The van der Waals surface area contributed by atoms with Crippen LogP contribution in [-0.2, 0) is 25.7 Å². The summed E-state index contributed by atoms with van der Waals surface area (Å²) in [7, 11) is 0. The van der Waals surface area contributed by atoms with Gasteiger partial charge in [0, 0.05) is 44.5 Å². The highest BCUT2D eigenvalue weighted by Crippen LogP contribution is 2.27. The first kappa shape index (κ1) is 94.8. The van der Waals surface area contributed by atoms with E-state index in [2.05, 4.69) is 99.3 Å². The average Bonchev–Trinajstić information content (AvgIpc) is 0.828. The molecule has 0 spiro atoms. The maximum Gasteiger partial charge on any atom is 0.150 e. The SMILES string of the molecule is CCCCCCCCCCCCCCCCCCc1cc(C#Cc2ccc(C=O)cc2)c(CCCCCCCCCCCCCCCCCC)cc1C#CC#Cc1cc(CCCCCCCCCCCCCCCCCC)c(C#Cc2ccc(C=O)cc2)cc1CCCCCCCCCCCCCCCCCC. The number of carbonyl (C=O) groups is 2. The van der Waals surface area contributed by atoms with Crippen LogP contribution in [0, 0.1) is 47.4 Å². The zero-order chi connectivity index (χ0) is 76.6. The van der Waals surface area contributed by atoms with Crippen LogP contribution < -0.4 is 0 Å². The van der Waals surface area contributed by atoms with Gasteiger partial charge in [0.05, 0.1) is 0 Å². The fraction of sp³-hybridized carbons (Fsp3) is 0.679. The molecule has 0 unspecified atom stereocenters. The summed E-state index contributed by atoms with van der Waals surface area (Å²) >= 11 is 0. The highest BCUT2D eigenvalue weighted by molar-refractivity contribution is 5.75. The molecule has 0 aliphatic carbocycles. The molecule has 4 aromatic rings. The van der Waals surface area contributed by atoms with E-state index in [1.807, 2.05) is 48.5 Å². The topological polar surface area (TPSA) is 34.1 Å². The van der Waals surface area contributed by atoms with Crippen molar-refractivity contribution in [2.24, 2.45) is 0 Å². The summed E-state index contributed by atoms with van der Waals surface area (Å²) in [4.78, 5) is 23.3. The normalized spacial score (nSPS) is 11.0.